The van der Waals surface area contributed by atoms with Crippen LogP contribution in [0, 0.1) is 5.92 Å². The molecule has 0 aromatic carbocycles. The number of nitrogens with one attached hydrogen (secondary N) is 1. The molecule has 0 fully saturated rings. The van der Waals surface area contributed by atoms with E-state index in [2.05, 4.69) is 29.2 Å². The van der Waals surface area contributed by atoms with Crippen molar-refractivity contribution in [2.24, 2.45) is 5.92 Å². The van der Waals surface area contributed by atoms with Crippen molar-refractivity contribution in [3.8, 4) is 0 Å². The van der Waals surface area contributed by atoms with Gasteiger partial charge in [-0.15, -0.1) is 0 Å². The number of ether oxygens (including phenoxy) is 1. The molecular formula is C13H26N4O. The van der Waals surface area contributed by atoms with Gasteiger partial charge in [-0.1, -0.05) is 20.3 Å². The standard InChI is InChI=1S/C13H26N4O/c1-4-7-17-13(15-11-16-17)9-12(5-2)10-14-6-8-18-3/h11-12,14H,4-10H2,1-3H3. The Labute approximate surface area is 110 Å². The predicted molar refractivity (Wildman–Crippen MR) is 72.5 cm³/mol. The molecule has 0 bridgehead atoms. The maximum absolute atomic E-state index is 5.03. The summed E-state index contributed by atoms with van der Waals surface area (Å²) in [6.07, 6.45) is 4.91. The van der Waals surface area contributed by atoms with E-state index in [-0.39, 0.29) is 0 Å². The Balaban J connectivity index is 2.39. The van der Waals surface area contributed by atoms with Crippen molar-refractivity contribution in [3.63, 3.8) is 0 Å². The van der Waals surface area contributed by atoms with E-state index in [1.165, 1.54) is 0 Å². The minimum absolute atomic E-state index is 0.613. The van der Waals surface area contributed by atoms with Gasteiger partial charge in [0, 0.05) is 26.6 Å². The summed E-state index contributed by atoms with van der Waals surface area (Å²) in [6.45, 7) is 8.04. The first-order chi connectivity index (χ1) is 8.81. The van der Waals surface area contributed by atoms with Crippen LogP contribution in [-0.2, 0) is 17.7 Å². The number of aryl methyl sites for hydroxylation is 1. The molecule has 0 spiro atoms. The lowest BCUT2D eigenvalue weighted by atomic mass is 10.0. The lowest BCUT2D eigenvalue weighted by Gasteiger charge is -2.15. The highest BCUT2D eigenvalue weighted by Crippen LogP contribution is 2.09. The molecule has 1 aromatic rings. The molecule has 1 aromatic heterocycles. The van der Waals surface area contributed by atoms with Gasteiger partial charge in [0.1, 0.15) is 12.2 Å². The fourth-order valence-electron chi connectivity index (χ4n) is 1.94. The molecule has 18 heavy (non-hydrogen) atoms. The largest absolute Gasteiger partial charge is 0.383 e. The van der Waals surface area contributed by atoms with Gasteiger partial charge in [-0.25, -0.2) is 4.98 Å². The molecule has 0 radical (unpaired) electrons. The quantitative estimate of drug-likeness (QED) is 0.643. The zero-order valence-corrected chi connectivity index (χ0v) is 11.9. The Morgan fingerprint density at radius 3 is 2.94 bits per heavy atom. The van der Waals surface area contributed by atoms with E-state index in [9.17, 15) is 0 Å². The summed E-state index contributed by atoms with van der Waals surface area (Å²) >= 11 is 0. The summed E-state index contributed by atoms with van der Waals surface area (Å²) in [4.78, 5) is 4.37. The Morgan fingerprint density at radius 2 is 2.28 bits per heavy atom. The summed E-state index contributed by atoms with van der Waals surface area (Å²) in [5.41, 5.74) is 0. The van der Waals surface area contributed by atoms with Crippen molar-refractivity contribution in [1.29, 1.82) is 0 Å². The molecule has 104 valence electrons. The number of rotatable bonds is 10. The third kappa shape index (κ3) is 5.14. The topological polar surface area (TPSA) is 52.0 Å². The molecule has 0 aliphatic heterocycles. The van der Waals surface area contributed by atoms with Gasteiger partial charge in [0.25, 0.3) is 0 Å². The van der Waals surface area contributed by atoms with Crippen LogP contribution in [-0.4, -0.2) is 41.6 Å². The van der Waals surface area contributed by atoms with Gasteiger partial charge in [-0.2, -0.15) is 5.10 Å². The van der Waals surface area contributed by atoms with Gasteiger partial charge in [0.05, 0.1) is 6.61 Å². The Morgan fingerprint density at radius 1 is 1.44 bits per heavy atom. The summed E-state index contributed by atoms with van der Waals surface area (Å²) in [5, 5.41) is 7.69. The van der Waals surface area contributed by atoms with E-state index in [0.717, 1.165) is 51.3 Å². The SMILES string of the molecule is CCCn1ncnc1CC(CC)CNCCOC. The van der Waals surface area contributed by atoms with E-state index in [1.807, 2.05) is 4.68 Å². The molecule has 0 aliphatic rings. The molecular weight excluding hydrogens is 228 g/mol. The first-order valence-corrected chi connectivity index (χ1v) is 6.88. The normalized spacial score (nSPS) is 12.8. The van der Waals surface area contributed by atoms with E-state index < -0.39 is 0 Å². The first-order valence-electron chi connectivity index (χ1n) is 6.88. The molecule has 0 saturated heterocycles. The van der Waals surface area contributed by atoms with Crippen molar-refractivity contribution < 1.29 is 4.74 Å². The maximum atomic E-state index is 5.03. The Kier molecular flexibility index (Phi) is 7.60. The smallest absolute Gasteiger partial charge is 0.138 e. The van der Waals surface area contributed by atoms with E-state index in [1.54, 1.807) is 13.4 Å². The molecule has 1 unspecified atom stereocenters. The summed E-state index contributed by atoms with van der Waals surface area (Å²) in [5.74, 6) is 1.72. The number of hydrogen-bond acceptors (Lipinski definition) is 4. The number of nitrogens with zero attached hydrogens (tertiary/aromatic N) is 3. The lowest BCUT2D eigenvalue weighted by Crippen LogP contribution is -2.27. The van der Waals surface area contributed by atoms with Crippen molar-refractivity contribution >= 4 is 0 Å². The molecule has 0 aliphatic carbocycles. The first kappa shape index (κ1) is 15.1. The van der Waals surface area contributed by atoms with Crippen molar-refractivity contribution in [2.75, 3.05) is 26.8 Å². The van der Waals surface area contributed by atoms with Gasteiger partial charge >= 0.3 is 0 Å². The average molecular weight is 254 g/mol. The highest BCUT2D eigenvalue weighted by Gasteiger charge is 2.11. The maximum Gasteiger partial charge on any atom is 0.138 e. The van der Waals surface area contributed by atoms with Crippen LogP contribution < -0.4 is 5.32 Å². The monoisotopic (exact) mass is 254 g/mol. The van der Waals surface area contributed by atoms with Crippen molar-refractivity contribution in [1.82, 2.24) is 20.1 Å². The second-order valence-electron chi connectivity index (χ2n) is 4.57. The third-order valence-electron chi connectivity index (χ3n) is 3.10. The van der Waals surface area contributed by atoms with Crippen molar-refractivity contribution in [2.45, 2.75) is 39.7 Å². The zero-order chi connectivity index (χ0) is 13.2. The molecule has 0 amide bonds. The van der Waals surface area contributed by atoms with Gasteiger partial charge in [0.2, 0.25) is 0 Å². The van der Waals surface area contributed by atoms with Gasteiger partial charge in [-0.05, 0) is 18.9 Å². The molecule has 1 N–H and O–H groups in total. The minimum Gasteiger partial charge on any atom is -0.383 e. The molecule has 5 nitrogen and oxygen atoms in total. The van der Waals surface area contributed by atoms with Crippen LogP contribution >= 0.6 is 0 Å². The molecule has 0 saturated carbocycles. The number of methoxy groups -OCH3 is 1. The molecule has 1 heterocycles. The van der Waals surface area contributed by atoms with Crippen LogP contribution in [0.4, 0.5) is 0 Å². The van der Waals surface area contributed by atoms with E-state index >= 15 is 0 Å². The fraction of sp³-hybridized carbons (Fsp3) is 0.846. The molecule has 1 rings (SSSR count). The van der Waals surface area contributed by atoms with Gasteiger partial charge < -0.3 is 10.1 Å². The van der Waals surface area contributed by atoms with Gasteiger partial charge in [-0.3, -0.25) is 4.68 Å². The van der Waals surface area contributed by atoms with Crippen LogP contribution in [0.25, 0.3) is 0 Å². The summed E-state index contributed by atoms with van der Waals surface area (Å²) in [7, 11) is 1.73. The Hall–Kier alpha value is -0.940. The van der Waals surface area contributed by atoms with Gasteiger partial charge in [0.15, 0.2) is 0 Å². The second kappa shape index (κ2) is 9.05. The minimum atomic E-state index is 0.613. The van der Waals surface area contributed by atoms with Crippen LogP contribution in [0.3, 0.4) is 0 Å². The van der Waals surface area contributed by atoms with Crippen LogP contribution in [0.1, 0.15) is 32.5 Å². The highest BCUT2D eigenvalue weighted by atomic mass is 16.5. The second-order valence-corrected chi connectivity index (χ2v) is 4.57. The number of hydrogen-bond donors (Lipinski definition) is 1. The summed E-state index contributed by atoms with van der Waals surface area (Å²) in [6, 6.07) is 0. The van der Waals surface area contributed by atoms with Crippen LogP contribution in [0.5, 0.6) is 0 Å². The van der Waals surface area contributed by atoms with E-state index in [0.29, 0.717) is 5.92 Å². The van der Waals surface area contributed by atoms with Crippen molar-refractivity contribution in [3.05, 3.63) is 12.2 Å². The summed E-state index contributed by atoms with van der Waals surface area (Å²) < 4.78 is 7.05. The van der Waals surface area contributed by atoms with E-state index in [4.69, 9.17) is 4.74 Å². The fourth-order valence-corrected chi connectivity index (χ4v) is 1.94. The molecule has 5 heteroatoms. The van der Waals surface area contributed by atoms with Crippen LogP contribution in [0.2, 0.25) is 0 Å². The Bertz CT molecular complexity index is 314. The van der Waals surface area contributed by atoms with Crippen LogP contribution in [0.15, 0.2) is 6.33 Å². The predicted octanol–water partition coefficient (Wildman–Crippen LogP) is 1.49. The highest BCUT2D eigenvalue weighted by molar-refractivity contribution is 4.87. The average Bonchev–Trinajstić information content (AvgIpc) is 2.81. The number of aromatic nitrogens is 3. The molecule has 1 atom stereocenters. The lowest BCUT2D eigenvalue weighted by molar-refractivity contribution is 0.197. The zero-order valence-electron chi connectivity index (χ0n) is 11.9. The third-order valence-corrected chi connectivity index (χ3v) is 3.10.